The lowest BCUT2D eigenvalue weighted by atomic mass is 10.0. The maximum Gasteiger partial charge on any atom is 0.347 e. The SMILES string of the molecule is CC(C)(C)N1C=CN(C(C)(C)C)C1C(=O)O. The van der Waals surface area contributed by atoms with Gasteiger partial charge in [-0.2, -0.15) is 0 Å². The second-order valence-corrected chi connectivity index (χ2v) is 6.17. The van der Waals surface area contributed by atoms with E-state index in [9.17, 15) is 9.90 Å². The Kier molecular flexibility index (Phi) is 2.96. The van der Waals surface area contributed by atoms with E-state index in [0.717, 1.165) is 0 Å². The van der Waals surface area contributed by atoms with Crippen molar-refractivity contribution in [3.8, 4) is 0 Å². The zero-order valence-corrected chi connectivity index (χ0v) is 11.0. The third-order valence-corrected chi connectivity index (χ3v) is 2.68. The molecule has 0 saturated carbocycles. The van der Waals surface area contributed by atoms with Gasteiger partial charge < -0.3 is 14.9 Å². The van der Waals surface area contributed by atoms with E-state index in [0.29, 0.717) is 0 Å². The number of hydrogen-bond donors (Lipinski definition) is 1. The predicted molar refractivity (Wildman–Crippen MR) is 63.7 cm³/mol. The van der Waals surface area contributed by atoms with Crippen LogP contribution in [0.5, 0.6) is 0 Å². The number of aliphatic carboxylic acids is 1. The smallest absolute Gasteiger partial charge is 0.347 e. The molecule has 0 radical (unpaired) electrons. The number of rotatable bonds is 1. The van der Waals surface area contributed by atoms with Gasteiger partial charge in [0.15, 0.2) is 0 Å². The van der Waals surface area contributed by atoms with E-state index in [1.54, 1.807) is 0 Å². The average molecular weight is 226 g/mol. The lowest BCUT2D eigenvalue weighted by molar-refractivity contribution is -0.151. The number of carboxylic acids is 1. The van der Waals surface area contributed by atoms with Gasteiger partial charge >= 0.3 is 5.97 Å². The third kappa shape index (κ3) is 2.31. The van der Waals surface area contributed by atoms with E-state index in [1.165, 1.54) is 0 Å². The molecule has 1 aliphatic rings. The fourth-order valence-corrected chi connectivity index (χ4v) is 1.86. The van der Waals surface area contributed by atoms with Crippen molar-refractivity contribution in [3.05, 3.63) is 12.4 Å². The summed E-state index contributed by atoms with van der Waals surface area (Å²) in [6.45, 7) is 12.1. The Bertz CT molecular complexity index is 286. The standard InChI is InChI=1S/C12H22N2O2/c1-11(2,3)13-7-8-14(12(4,5)6)9(13)10(15)16/h7-9H,1-6H3,(H,15,16). The average Bonchev–Trinajstić information content (AvgIpc) is 2.43. The minimum absolute atomic E-state index is 0.195. The van der Waals surface area contributed by atoms with Crippen LogP contribution in [0.25, 0.3) is 0 Å². The first kappa shape index (κ1) is 12.9. The molecule has 0 aromatic heterocycles. The van der Waals surface area contributed by atoms with Crippen molar-refractivity contribution >= 4 is 5.97 Å². The molecule has 4 nitrogen and oxygen atoms in total. The lowest BCUT2D eigenvalue weighted by Gasteiger charge is -2.43. The summed E-state index contributed by atoms with van der Waals surface area (Å²) in [7, 11) is 0. The van der Waals surface area contributed by atoms with E-state index < -0.39 is 12.1 Å². The number of carbonyl (C=O) groups is 1. The van der Waals surface area contributed by atoms with E-state index in [4.69, 9.17) is 0 Å². The number of nitrogens with zero attached hydrogens (tertiary/aromatic N) is 2. The number of hydrogen-bond acceptors (Lipinski definition) is 3. The first-order valence-electron chi connectivity index (χ1n) is 5.53. The van der Waals surface area contributed by atoms with Crippen LogP contribution in [-0.4, -0.2) is 38.1 Å². The summed E-state index contributed by atoms with van der Waals surface area (Å²) >= 11 is 0. The summed E-state index contributed by atoms with van der Waals surface area (Å²) in [6, 6.07) is 0. The van der Waals surface area contributed by atoms with E-state index in [1.807, 2.05) is 63.7 Å². The molecule has 1 rings (SSSR count). The van der Waals surface area contributed by atoms with Gasteiger partial charge in [-0.15, -0.1) is 0 Å². The second-order valence-electron chi connectivity index (χ2n) is 6.17. The Morgan fingerprint density at radius 3 is 1.50 bits per heavy atom. The Hall–Kier alpha value is -1.19. The summed E-state index contributed by atoms with van der Waals surface area (Å²) < 4.78 is 0. The largest absolute Gasteiger partial charge is 0.478 e. The molecule has 0 aromatic carbocycles. The molecule has 0 aromatic rings. The molecule has 4 heteroatoms. The first-order chi connectivity index (χ1) is 7.05. The van der Waals surface area contributed by atoms with Gasteiger partial charge in [0.05, 0.1) is 0 Å². The lowest BCUT2D eigenvalue weighted by Crippen LogP contribution is -2.56. The maximum atomic E-state index is 11.4. The summed E-state index contributed by atoms with van der Waals surface area (Å²) in [5.74, 6) is -0.810. The predicted octanol–water partition coefficient (Wildman–Crippen LogP) is 2.08. The van der Waals surface area contributed by atoms with Gasteiger partial charge in [-0.05, 0) is 41.5 Å². The van der Waals surface area contributed by atoms with Crippen LogP contribution < -0.4 is 0 Å². The molecule has 0 aliphatic carbocycles. The fourth-order valence-electron chi connectivity index (χ4n) is 1.86. The van der Waals surface area contributed by atoms with Gasteiger partial charge in [-0.3, -0.25) is 0 Å². The van der Waals surface area contributed by atoms with Crippen molar-refractivity contribution in [2.45, 2.75) is 58.8 Å². The molecule has 1 heterocycles. The third-order valence-electron chi connectivity index (χ3n) is 2.68. The summed E-state index contributed by atoms with van der Waals surface area (Å²) in [5.41, 5.74) is -0.390. The van der Waals surface area contributed by atoms with Crippen molar-refractivity contribution in [2.75, 3.05) is 0 Å². The van der Waals surface area contributed by atoms with Crippen LogP contribution in [0.4, 0.5) is 0 Å². The molecule has 92 valence electrons. The van der Waals surface area contributed by atoms with Crippen LogP contribution in [-0.2, 0) is 4.79 Å². The minimum atomic E-state index is -0.810. The highest BCUT2D eigenvalue weighted by atomic mass is 16.4. The van der Waals surface area contributed by atoms with E-state index in [2.05, 4.69) is 0 Å². The summed E-state index contributed by atoms with van der Waals surface area (Å²) in [4.78, 5) is 15.1. The maximum absolute atomic E-state index is 11.4. The zero-order valence-electron chi connectivity index (χ0n) is 11.0. The summed E-state index contributed by atoms with van der Waals surface area (Å²) in [6.07, 6.45) is 3.12. The zero-order chi connectivity index (χ0) is 12.7. The van der Waals surface area contributed by atoms with Crippen LogP contribution in [0.15, 0.2) is 12.4 Å². The highest BCUT2D eigenvalue weighted by Gasteiger charge is 2.42. The minimum Gasteiger partial charge on any atom is -0.478 e. The second kappa shape index (κ2) is 3.68. The van der Waals surface area contributed by atoms with Crippen molar-refractivity contribution in [2.24, 2.45) is 0 Å². The van der Waals surface area contributed by atoms with Crippen molar-refractivity contribution < 1.29 is 9.90 Å². The van der Waals surface area contributed by atoms with Crippen molar-refractivity contribution in [3.63, 3.8) is 0 Å². The molecule has 1 N–H and O–H groups in total. The van der Waals surface area contributed by atoms with Crippen LogP contribution in [0, 0.1) is 0 Å². The van der Waals surface area contributed by atoms with Gasteiger partial charge in [0.1, 0.15) is 0 Å². The first-order valence-corrected chi connectivity index (χ1v) is 5.53. The molecular formula is C12H22N2O2. The molecule has 16 heavy (non-hydrogen) atoms. The van der Waals surface area contributed by atoms with E-state index >= 15 is 0 Å². The van der Waals surface area contributed by atoms with Crippen LogP contribution >= 0.6 is 0 Å². The molecule has 0 bridgehead atoms. The molecule has 0 saturated heterocycles. The molecule has 1 aliphatic heterocycles. The molecule has 0 atom stereocenters. The molecule has 0 amide bonds. The van der Waals surface area contributed by atoms with Gasteiger partial charge in [0, 0.05) is 23.5 Å². The van der Waals surface area contributed by atoms with Gasteiger partial charge in [-0.25, -0.2) is 4.79 Å². The van der Waals surface area contributed by atoms with Crippen molar-refractivity contribution in [1.82, 2.24) is 9.80 Å². The van der Waals surface area contributed by atoms with Crippen LogP contribution in [0.2, 0.25) is 0 Å². The quantitative estimate of drug-likeness (QED) is 0.743. The normalized spacial score (nSPS) is 18.4. The molecular weight excluding hydrogens is 204 g/mol. The Balaban J connectivity index is 3.04. The van der Waals surface area contributed by atoms with E-state index in [-0.39, 0.29) is 11.1 Å². The monoisotopic (exact) mass is 226 g/mol. The molecule has 0 unspecified atom stereocenters. The topological polar surface area (TPSA) is 43.8 Å². The number of carboxylic acid groups (broad SMARTS) is 1. The van der Waals surface area contributed by atoms with Gasteiger partial charge in [0.2, 0.25) is 6.17 Å². The van der Waals surface area contributed by atoms with Crippen LogP contribution in [0.3, 0.4) is 0 Å². The highest BCUT2D eigenvalue weighted by molar-refractivity contribution is 5.74. The highest BCUT2D eigenvalue weighted by Crippen LogP contribution is 2.30. The van der Waals surface area contributed by atoms with Gasteiger partial charge in [-0.1, -0.05) is 0 Å². The summed E-state index contributed by atoms with van der Waals surface area (Å²) in [5, 5.41) is 9.36. The Labute approximate surface area is 97.5 Å². The van der Waals surface area contributed by atoms with Crippen LogP contribution in [0.1, 0.15) is 41.5 Å². The molecule has 0 fully saturated rings. The Morgan fingerprint density at radius 1 is 1.00 bits per heavy atom. The van der Waals surface area contributed by atoms with Gasteiger partial charge in [0.25, 0.3) is 0 Å². The Morgan fingerprint density at radius 2 is 1.31 bits per heavy atom. The fraction of sp³-hybridized carbons (Fsp3) is 0.750. The molecule has 0 spiro atoms. The van der Waals surface area contributed by atoms with Crippen molar-refractivity contribution in [1.29, 1.82) is 0 Å².